The molecule has 31 heavy (non-hydrogen) atoms. The van der Waals surface area contributed by atoms with Crippen LogP contribution >= 0.6 is 22.9 Å². The third-order valence-corrected chi connectivity index (χ3v) is 6.03. The molecule has 6 nitrogen and oxygen atoms in total. The number of nitrogens with zero attached hydrogens (tertiary/aromatic N) is 2. The van der Waals surface area contributed by atoms with E-state index < -0.39 is 17.9 Å². The van der Waals surface area contributed by atoms with Gasteiger partial charge in [-0.25, -0.2) is 14.2 Å². The van der Waals surface area contributed by atoms with E-state index in [0.717, 1.165) is 16.0 Å². The van der Waals surface area contributed by atoms with Crippen LogP contribution in [0.2, 0.25) is 5.02 Å². The minimum absolute atomic E-state index is 0.0797. The van der Waals surface area contributed by atoms with Gasteiger partial charge in [0.25, 0.3) is 5.56 Å². The zero-order chi connectivity index (χ0) is 22.0. The number of H-pyrrole nitrogens is 1. The zero-order valence-corrected chi connectivity index (χ0v) is 18.0. The number of aromatic amines is 1. The van der Waals surface area contributed by atoms with Gasteiger partial charge in [0.1, 0.15) is 10.8 Å². The van der Waals surface area contributed by atoms with Crippen LogP contribution in [0, 0.1) is 5.82 Å². The van der Waals surface area contributed by atoms with E-state index >= 15 is 0 Å². The number of halogens is 2. The first kappa shape index (κ1) is 21.0. The molecule has 2 heterocycles. The van der Waals surface area contributed by atoms with Crippen LogP contribution in [0.1, 0.15) is 23.5 Å². The number of fused-ring (bicyclic) bond motifs is 1. The van der Waals surface area contributed by atoms with Gasteiger partial charge in [0.15, 0.2) is 0 Å². The first-order chi connectivity index (χ1) is 14.9. The fourth-order valence-corrected chi connectivity index (χ4v) is 4.17. The average Bonchev–Trinajstić information content (AvgIpc) is 3.28. The largest absolute Gasteiger partial charge is 0.328 e. The summed E-state index contributed by atoms with van der Waals surface area (Å²) in [5, 5.41) is 6.60. The maximum atomic E-state index is 13.5. The number of anilines is 1. The third-order valence-electron chi connectivity index (χ3n) is 4.98. The summed E-state index contributed by atoms with van der Waals surface area (Å²) in [5.74, 6) is -0.563. The first-order valence-electron chi connectivity index (χ1n) is 9.45. The van der Waals surface area contributed by atoms with E-state index in [4.69, 9.17) is 11.6 Å². The van der Waals surface area contributed by atoms with Crippen molar-refractivity contribution in [3.8, 4) is 0 Å². The van der Waals surface area contributed by atoms with Gasteiger partial charge in [0, 0.05) is 28.8 Å². The van der Waals surface area contributed by atoms with Gasteiger partial charge < -0.3 is 15.2 Å². The van der Waals surface area contributed by atoms with Gasteiger partial charge in [-0.1, -0.05) is 29.8 Å². The van der Waals surface area contributed by atoms with Gasteiger partial charge in [-0.2, -0.15) is 0 Å². The van der Waals surface area contributed by atoms with Crippen LogP contribution in [0.4, 0.5) is 14.9 Å². The molecule has 0 radical (unpaired) electrons. The zero-order valence-electron chi connectivity index (χ0n) is 16.4. The summed E-state index contributed by atoms with van der Waals surface area (Å²) in [6.07, 6.45) is 3.31. The normalized spacial score (nSPS) is 12.0. The Morgan fingerprint density at radius 1 is 1.29 bits per heavy atom. The molecule has 0 unspecified atom stereocenters. The lowest BCUT2D eigenvalue weighted by molar-refractivity contribution is 0.189. The molecule has 2 aromatic carbocycles. The predicted molar refractivity (Wildman–Crippen MR) is 121 cm³/mol. The summed E-state index contributed by atoms with van der Waals surface area (Å²) in [6, 6.07) is 10.4. The number of rotatable bonds is 5. The minimum atomic E-state index is -0.563. The van der Waals surface area contributed by atoms with Crippen LogP contribution in [0.5, 0.6) is 0 Å². The van der Waals surface area contributed by atoms with Crippen molar-refractivity contribution < 1.29 is 9.18 Å². The van der Waals surface area contributed by atoms with E-state index in [9.17, 15) is 14.0 Å². The quantitative estimate of drug-likeness (QED) is 0.412. The molecule has 1 atom stereocenters. The van der Waals surface area contributed by atoms with E-state index in [1.165, 1.54) is 29.5 Å². The number of nitrogens with one attached hydrogen (secondary N) is 2. The molecular formula is C22H18ClFN4O2S. The topological polar surface area (TPSA) is 78.1 Å². The van der Waals surface area contributed by atoms with Crippen molar-refractivity contribution in [3.63, 3.8) is 0 Å². The van der Waals surface area contributed by atoms with Gasteiger partial charge in [-0.3, -0.25) is 4.79 Å². The fraction of sp³-hybridized carbons (Fsp3) is 0.136. The van der Waals surface area contributed by atoms with Gasteiger partial charge in [0.2, 0.25) is 0 Å². The highest BCUT2D eigenvalue weighted by atomic mass is 35.5. The van der Waals surface area contributed by atoms with E-state index in [0.29, 0.717) is 11.1 Å². The number of carbonyl (C=O) groups is 1. The molecule has 0 aliphatic rings. The molecule has 0 aliphatic heterocycles. The fourth-order valence-electron chi connectivity index (χ4n) is 3.38. The van der Waals surface area contributed by atoms with Crippen LogP contribution in [0.25, 0.3) is 10.8 Å². The van der Waals surface area contributed by atoms with Crippen molar-refractivity contribution in [1.82, 2.24) is 14.9 Å². The molecule has 4 rings (SSSR count). The summed E-state index contributed by atoms with van der Waals surface area (Å²) < 4.78 is 13.5. The number of thiazole rings is 1. The van der Waals surface area contributed by atoms with Crippen LogP contribution in [0.15, 0.2) is 65.0 Å². The van der Waals surface area contributed by atoms with E-state index in [1.807, 2.05) is 24.4 Å². The van der Waals surface area contributed by atoms with Gasteiger partial charge in [-0.05, 0) is 42.1 Å². The summed E-state index contributed by atoms with van der Waals surface area (Å²) in [6.45, 7) is 2.14. The Balaban J connectivity index is 1.71. The molecule has 0 saturated carbocycles. The van der Waals surface area contributed by atoms with E-state index in [2.05, 4.69) is 15.3 Å². The van der Waals surface area contributed by atoms with Crippen LogP contribution in [0.3, 0.4) is 0 Å². The number of amides is 2. The summed E-state index contributed by atoms with van der Waals surface area (Å²) in [4.78, 5) is 34.1. The molecule has 2 N–H and O–H groups in total. The highest BCUT2D eigenvalue weighted by Gasteiger charge is 2.25. The lowest BCUT2D eigenvalue weighted by Gasteiger charge is -2.29. The van der Waals surface area contributed by atoms with Gasteiger partial charge >= 0.3 is 6.03 Å². The maximum absolute atomic E-state index is 13.5. The first-order valence-corrected chi connectivity index (χ1v) is 10.7. The highest BCUT2D eigenvalue weighted by Crippen LogP contribution is 2.29. The number of aromatic nitrogens is 2. The molecule has 0 bridgehead atoms. The van der Waals surface area contributed by atoms with E-state index in [1.54, 1.807) is 29.4 Å². The molecule has 2 amide bonds. The van der Waals surface area contributed by atoms with Gasteiger partial charge in [-0.15, -0.1) is 11.3 Å². The van der Waals surface area contributed by atoms with Crippen molar-refractivity contribution in [3.05, 3.63) is 92.0 Å². The monoisotopic (exact) mass is 456 g/mol. The molecule has 0 fully saturated rings. The second kappa shape index (κ2) is 8.87. The lowest BCUT2D eigenvalue weighted by atomic mass is 10.0. The Bertz CT molecular complexity index is 1290. The van der Waals surface area contributed by atoms with Crippen molar-refractivity contribution in [2.24, 2.45) is 0 Å². The second-order valence-electron chi connectivity index (χ2n) is 6.91. The predicted octanol–water partition coefficient (Wildman–Crippen LogP) is 5.57. The number of hydrogen-bond donors (Lipinski definition) is 2. The number of pyridine rings is 1. The number of hydrogen-bond acceptors (Lipinski definition) is 4. The lowest BCUT2D eigenvalue weighted by Crippen LogP contribution is -2.37. The molecular weight excluding hydrogens is 439 g/mol. The summed E-state index contributed by atoms with van der Waals surface area (Å²) in [5.41, 5.74) is 0.974. The highest BCUT2D eigenvalue weighted by molar-refractivity contribution is 7.09. The van der Waals surface area contributed by atoms with Crippen molar-refractivity contribution >= 4 is 45.4 Å². The number of carbonyl (C=O) groups excluding carboxylic acids is 1. The molecule has 0 aliphatic carbocycles. The van der Waals surface area contributed by atoms with Gasteiger partial charge in [0.05, 0.1) is 17.6 Å². The molecule has 2 aromatic heterocycles. The Kier molecular flexibility index (Phi) is 6.01. The molecule has 0 spiro atoms. The number of benzene rings is 2. The second-order valence-corrected chi connectivity index (χ2v) is 8.29. The minimum Gasteiger partial charge on any atom is -0.328 e. The van der Waals surface area contributed by atoms with Crippen LogP contribution in [-0.2, 0) is 6.54 Å². The molecule has 158 valence electrons. The van der Waals surface area contributed by atoms with Crippen molar-refractivity contribution in [2.45, 2.75) is 19.5 Å². The SMILES string of the molecule is C[C@@H](c1c[nH]c(=O)c2ccccc12)N(Cc1nccs1)C(=O)Nc1ccc(F)c(Cl)c1. The van der Waals surface area contributed by atoms with E-state index in [-0.39, 0.29) is 17.1 Å². The molecule has 0 saturated heterocycles. The van der Waals surface area contributed by atoms with Crippen LogP contribution < -0.4 is 10.9 Å². The third kappa shape index (κ3) is 4.45. The maximum Gasteiger partial charge on any atom is 0.322 e. The van der Waals surface area contributed by atoms with Crippen molar-refractivity contribution in [2.75, 3.05) is 5.32 Å². The van der Waals surface area contributed by atoms with Crippen molar-refractivity contribution in [1.29, 1.82) is 0 Å². The Morgan fingerprint density at radius 2 is 2.06 bits per heavy atom. The summed E-state index contributed by atoms with van der Waals surface area (Å²) >= 11 is 7.29. The average molecular weight is 457 g/mol. The summed E-state index contributed by atoms with van der Waals surface area (Å²) in [7, 11) is 0. The smallest absolute Gasteiger partial charge is 0.322 e. The van der Waals surface area contributed by atoms with Crippen LogP contribution in [-0.4, -0.2) is 20.9 Å². The molecule has 4 aromatic rings. The Hall–Kier alpha value is -3.23. The molecule has 9 heteroatoms. The standard InChI is InChI=1S/C22H18ClFN4O2S/c1-13(17-11-26-21(29)16-5-3-2-4-15(16)17)28(12-20-25-8-9-31-20)22(30)27-14-6-7-19(24)18(23)10-14/h2-11,13H,12H2,1H3,(H,26,29)(H,27,30)/t13-/m0/s1. The number of urea groups is 1. The Labute approximate surface area is 186 Å². The Morgan fingerprint density at radius 3 is 2.77 bits per heavy atom.